The van der Waals surface area contributed by atoms with Crippen molar-refractivity contribution in [3.05, 3.63) is 58.1 Å². The molecule has 1 aromatic carbocycles. The number of carbonyl (C=O) groups is 2. The van der Waals surface area contributed by atoms with Crippen molar-refractivity contribution in [2.75, 3.05) is 6.54 Å². The molecule has 1 heterocycles. The molecule has 1 amide bonds. The first-order chi connectivity index (χ1) is 11.3. The first kappa shape index (κ1) is 18.2. The molecule has 2 rings (SSSR count). The van der Waals surface area contributed by atoms with E-state index in [0.29, 0.717) is 11.3 Å². The zero-order chi connectivity index (χ0) is 17.9. The molecule has 1 unspecified atom stereocenters. The van der Waals surface area contributed by atoms with Crippen molar-refractivity contribution in [3.63, 3.8) is 0 Å². The minimum atomic E-state index is -1.08. The maximum atomic E-state index is 13.0. The molecule has 0 saturated heterocycles. The molecular weight excluding hydrogens is 379 g/mol. The van der Waals surface area contributed by atoms with Crippen LogP contribution in [0.25, 0.3) is 0 Å². The summed E-state index contributed by atoms with van der Waals surface area (Å²) in [7, 11) is 0. The fourth-order valence-electron chi connectivity index (χ4n) is 2.38. The third kappa shape index (κ3) is 4.23. The molecule has 0 bridgehead atoms. The van der Waals surface area contributed by atoms with E-state index >= 15 is 0 Å². The van der Waals surface area contributed by atoms with Gasteiger partial charge in [-0.25, -0.2) is 4.39 Å². The molecule has 2 aromatic rings. The van der Waals surface area contributed by atoms with Crippen LogP contribution in [-0.2, 0) is 4.79 Å². The highest BCUT2D eigenvalue weighted by Crippen LogP contribution is 2.20. The molecular formula is C17H18BrFN2O3. The molecule has 128 valence electrons. The first-order valence-corrected chi connectivity index (χ1v) is 8.22. The predicted molar refractivity (Wildman–Crippen MR) is 91.6 cm³/mol. The summed E-state index contributed by atoms with van der Waals surface area (Å²) >= 11 is 3.34. The Kier molecular flexibility index (Phi) is 5.77. The van der Waals surface area contributed by atoms with E-state index in [2.05, 4.69) is 21.2 Å². The van der Waals surface area contributed by atoms with E-state index in [1.54, 1.807) is 16.8 Å². The summed E-state index contributed by atoms with van der Waals surface area (Å²) in [6.45, 7) is 3.81. The van der Waals surface area contributed by atoms with E-state index < -0.39 is 17.7 Å². The Bertz CT molecular complexity index is 741. The fraction of sp³-hybridized carbons (Fsp3) is 0.294. The average molecular weight is 397 g/mol. The molecule has 1 aromatic heterocycles. The summed E-state index contributed by atoms with van der Waals surface area (Å²) in [6.07, 6.45) is 1.80. The van der Waals surface area contributed by atoms with Crippen LogP contribution in [0.4, 0.5) is 4.39 Å². The SMILES string of the molecule is CC(C)n1cc(Br)cc1C(=O)NCC(C(=O)O)c1ccc(F)cc1. The van der Waals surface area contributed by atoms with Gasteiger partial charge in [0.05, 0.1) is 5.92 Å². The Morgan fingerprint density at radius 1 is 1.29 bits per heavy atom. The third-order valence-electron chi connectivity index (χ3n) is 3.64. The van der Waals surface area contributed by atoms with Crippen LogP contribution in [0.5, 0.6) is 0 Å². The Labute approximate surface area is 147 Å². The molecule has 0 aliphatic heterocycles. The highest BCUT2D eigenvalue weighted by Gasteiger charge is 2.22. The topological polar surface area (TPSA) is 71.3 Å². The number of carbonyl (C=O) groups excluding carboxylic acids is 1. The molecule has 7 heteroatoms. The zero-order valence-corrected chi connectivity index (χ0v) is 14.9. The number of amides is 1. The average Bonchev–Trinajstić information content (AvgIpc) is 2.91. The van der Waals surface area contributed by atoms with E-state index in [9.17, 15) is 19.1 Å². The van der Waals surface area contributed by atoms with Gasteiger partial charge in [0.2, 0.25) is 0 Å². The second kappa shape index (κ2) is 7.61. The van der Waals surface area contributed by atoms with Gasteiger partial charge in [0.15, 0.2) is 0 Å². The van der Waals surface area contributed by atoms with Gasteiger partial charge in [0.25, 0.3) is 5.91 Å². The number of benzene rings is 1. The standard InChI is InChI=1S/C17H18BrFN2O3/c1-10(2)21-9-12(18)7-15(21)16(22)20-8-14(17(23)24)11-3-5-13(19)6-4-11/h3-7,9-10,14H,8H2,1-2H3,(H,20,22)(H,23,24). The lowest BCUT2D eigenvalue weighted by Crippen LogP contribution is -2.33. The molecule has 5 nitrogen and oxygen atoms in total. The maximum Gasteiger partial charge on any atom is 0.312 e. The van der Waals surface area contributed by atoms with Gasteiger partial charge in [-0.1, -0.05) is 12.1 Å². The number of rotatable bonds is 6. The van der Waals surface area contributed by atoms with Crippen molar-refractivity contribution in [2.24, 2.45) is 0 Å². The second-order valence-electron chi connectivity index (χ2n) is 5.70. The smallest absolute Gasteiger partial charge is 0.312 e. The van der Waals surface area contributed by atoms with Crippen LogP contribution in [0.15, 0.2) is 41.0 Å². The van der Waals surface area contributed by atoms with Gasteiger partial charge in [-0.2, -0.15) is 0 Å². The highest BCUT2D eigenvalue weighted by atomic mass is 79.9. The van der Waals surface area contributed by atoms with E-state index in [1.165, 1.54) is 24.3 Å². The van der Waals surface area contributed by atoms with Crippen molar-refractivity contribution >= 4 is 27.8 Å². The van der Waals surface area contributed by atoms with Gasteiger partial charge in [0, 0.05) is 23.3 Å². The minimum absolute atomic E-state index is 0.0826. The van der Waals surface area contributed by atoms with Crippen molar-refractivity contribution < 1.29 is 19.1 Å². The Balaban J connectivity index is 2.14. The lowest BCUT2D eigenvalue weighted by atomic mass is 9.99. The summed E-state index contributed by atoms with van der Waals surface area (Å²) < 4.78 is 15.6. The quantitative estimate of drug-likeness (QED) is 0.783. The number of carboxylic acid groups (broad SMARTS) is 1. The van der Waals surface area contributed by atoms with Crippen LogP contribution >= 0.6 is 15.9 Å². The molecule has 0 aliphatic carbocycles. The largest absolute Gasteiger partial charge is 0.481 e. The molecule has 24 heavy (non-hydrogen) atoms. The van der Waals surface area contributed by atoms with Crippen molar-refractivity contribution in [1.29, 1.82) is 0 Å². The van der Waals surface area contributed by atoms with Crippen LogP contribution in [0, 0.1) is 5.82 Å². The monoisotopic (exact) mass is 396 g/mol. The summed E-state index contributed by atoms with van der Waals surface area (Å²) in [5.74, 6) is -2.82. The predicted octanol–water partition coefficient (Wildman–Crippen LogP) is 3.57. The van der Waals surface area contributed by atoms with Gasteiger partial charge < -0.3 is 15.0 Å². The molecule has 0 fully saturated rings. The van der Waals surface area contributed by atoms with Gasteiger partial charge in [-0.05, 0) is 53.5 Å². The zero-order valence-electron chi connectivity index (χ0n) is 13.3. The number of aliphatic carboxylic acids is 1. The first-order valence-electron chi connectivity index (χ1n) is 7.43. The van der Waals surface area contributed by atoms with Gasteiger partial charge in [-0.15, -0.1) is 0 Å². The molecule has 0 aliphatic rings. The van der Waals surface area contributed by atoms with Crippen molar-refractivity contribution in [1.82, 2.24) is 9.88 Å². The number of carboxylic acids is 1. The van der Waals surface area contributed by atoms with Crippen molar-refractivity contribution in [3.8, 4) is 0 Å². The molecule has 0 spiro atoms. The van der Waals surface area contributed by atoms with Gasteiger partial charge >= 0.3 is 5.97 Å². The van der Waals surface area contributed by atoms with Crippen molar-refractivity contribution in [2.45, 2.75) is 25.8 Å². The second-order valence-corrected chi connectivity index (χ2v) is 6.61. The normalized spacial score (nSPS) is 12.2. The van der Waals surface area contributed by atoms with E-state index in [4.69, 9.17) is 0 Å². The lowest BCUT2D eigenvalue weighted by Gasteiger charge is -2.16. The number of nitrogens with one attached hydrogen (secondary N) is 1. The number of nitrogens with zero attached hydrogens (tertiary/aromatic N) is 1. The molecule has 0 radical (unpaired) electrons. The lowest BCUT2D eigenvalue weighted by molar-refractivity contribution is -0.138. The Morgan fingerprint density at radius 3 is 2.46 bits per heavy atom. The number of hydrogen-bond donors (Lipinski definition) is 2. The third-order valence-corrected chi connectivity index (χ3v) is 4.08. The Hall–Kier alpha value is -2.15. The summed E-state index contributed by atoms with van der Waals surface area (Å²) in [4.78, 5) is 23.8. The highest BCUT2D eigenvalue weighted by molar-refractivity contribution is 9.10. The van der Waals surface area contributed by atoms with Crippen LogP contribution in [0.2, 0.25) is 0 Å². The maximum absolute atomic E-state index is 13.0. The molecule has 0 saturated carbocycles. The van der Waals surface area contributed by atoms with Gasteiger partial charge in [-0.3, -0.25) is 9.59 Å². The van der Waals surface area contributed by atoms with E-state index in [-0.39, 0.29) is 18.5 Å². The summed E-state index contributed by atoms with van der Waals surface area (Å²) in [6, 6.07) is 7.00. The molecule has 1 atom stereocenters. The van der Waals surface area contributed by atoms with Crippen LogP contribution in [0.1, 0.15) is 41.9 Å². The van der Waals surface area contributed by atoms with Crippen LogP contribution < -0.4 is 5.32 Å². The summed E-state index contributed by atoms with van der Waals surface area (Å²) in [5.41, 5.74) is 0.879. The Morgan fingerprint density at radius 2 is 1.92 bits per heavy atom. The molecule has 2 N–H and O–H groups in total. The van der Waals surface area contributed by atoms with E-state index in [0.717, 1.165) is 4.47 Å². The summed E-state index contributed by atoms with van der Waals surface area (Å²) in [5, 5.41) is 12.0. The fourth-order valence-corrected chi connectivity index (χ4v) is 2.82. The number of hydrogen-bond acceptors (Lipinski definition) is 2. The van der Waals surface area contributed by atoms with E-state index in [1.807, 2.05) is 13.8 Å². The van der Waals surface area contributed by atoms with Crippen LogP contribution in [0.3, 0.4) is 0 Å². The van der Waals surface area contributed by atoms with Gasteiger partial charge in [0.1, 0.15) is 11.5 Å². The number of halogens is 2. The van der Waals surface area contributed by atoms with Crippen LogP contribution in [-0.4, -0.2) is 28.1 Å². The number of aromatic nitrogens is 1. The minimum Gasteiger partial charge on any atom is -0.481 e.